The van der Waals surface area contributed by atoms with Crippen molar-refractivity contribution in [1.29, 1.82) is 0 Å². The van der Waals surface area contributed by atoms with Crippen LogP contribution in [0.3, 0.4) is 0 Å². The summed E-state index contributed by atoms with van der Waals surface area (Å²) in [5.74, 6) is 2.08. The SMILES string of the molecule is CCn1cnc(O)c2nc(C3CC3)nc1-2. The van der Waals surface area contributed by atoms with E-state index in [2.05, 4.69) is 15.0 Å². The summed E-state index contributed by atoms with van der Waals surface area (Å²) < 4.78 is 1.90. The van der Waals surface area contributed by atoms with Gasteiger partial charge in [0.1, 0.15) is 12.2 Å². The van der Waals surface area contributed by atoms with Gasteiger partial charge in [-0.15, -0.1) is 0 Å². The van der Waals surface area contributed by atoms with E-state index in [4.69, 9.17) is 0 Å². The summed E-state index contributed by atoms with van der Waals surface area (Å²) in [4.78, 5) is 12.7. The lowest BCUT2D eigenvalue weighted by atomic mass is 10.4. The fourth-order valence-corrected chi connectivity index (χ4v) is 1.70. The molecule has 0 atom stereocenters. The maximum atomic E-state index is 9.58. The van der Waals surface area contributed by atoms with Crippen molar-refractivity contribution >= 4 is 0 Å². The van der Waals surface area contributed by atoms with Crippen molar-refractivity contribution in [1.82, 2.24) is 19.5 Å². The average Bonchev–Trinajstić information content (AvgIpc) is 2.99. The molecule has 1 N–H and O–H groups in total. The third-order valence-electron chi connectivity index (χ3n) is 2.75. The Hall–Kier alpha value is -1.65. The molecule has 1 aliphatic carbocycles. The predicted octanol–water partition coefficient (Wildman–Crippen LogP) is 1.38. The summed E-state index contributed by atoms with van der Waals surface area (Å²) >= 11 is 0. The minimum Gasteiger partial charge on any atom is -0.492 e. The van der Waals surface area contributed by atoms with E-state index < -0.39 is 0 Å². The fraction of sp³-hybridized carbons (Fsp3) is 0.500. The molecular weight excluding hydrogens is 192 g/mol. The zero-order valence-electron chi connectivity index (χ0n) is 8.51. The molecule has 3 aliphatic rings. The number of hydrogen-bond donors (Lipinski definition) is 1. The number of imidazole rings is 1. The lowest BCUT2D eigenvalue weighted by molar-refractivity contribution is 0.448. The standard InChI is InChI=1S/C10H12N4O/c1-2-14-5-11-10(15)7-9(14)13-8(12-7)6-3-4-6/h5-6,15H,2-4H2,1H3. The van der Waals surface area contributed by atoms with Gasteiger partial charge in [-0.3, -0.25) is 0 Å². The van der Waals surface area contributed by atoms with E-state index >= 15 is 0 Å². The third-order valence-corrected chi connectivity index (χ3v) is 2.75. The van der Waals surface area contributed by atoms with Crippen LogP contribution in [0.5, 0.6) is 5.88 Å². The second kappa shape index (κ2) is 2.92. The highest BCUT2D eigenvalue weighted by atomic mass is 16.3. The summed E-state index contributed by atoms with van der Waals surface area (Å²) in [6.45, 7) is 2.80. The largest absolute Gasteiger partial charge is 0.492 e. The molecule has 2 aliphatic heterocycles. The van der Waals surface area contributed by atoms with Crippen LogP contribution >= 0.6 is 0 Å². The highest BCUT2D eigenvalue weighted by Crippen LogP contribution is 2.40. The number of aryl methyl sites for hydroxylation is 1. The highest BCUT2D eigenvalue weighted by molar-refractivity contribution is 5.58. The molecule has 0 unspecified atom stereocenters. The molecule has 2 heterocycles. The first-order chi connectivity index (χ1) is 7.29. The Morgan fingerprint density at radius 1 is 1.47 bits per heavy atom. The lowest BCUT2D eigenvalue weighted by Gasteiger charge is -2.06. The molecule has 3 rings (SSSR count). The Morgan fingerprint density at radius 2 is 2.27 bits per heavy atom. The maximum Gasteiger partial charge on any atom is 0.242 e. The minimum absolute atomic E-state index is 0.0194. The van der Waals surface area contributed by atoms with Crippen molar-refractivity contribution < 1.29 is 5.11 Å². The van der Waals surface area contributed by atoms with Crippen LogP contribution in [0.2, 0.25) is 0 Å². The average molecular weight is 204 g/mol. The Kier molecular flexibility index (Phi) is 1.68. The van der Waals surface area contributed by atoms with Crippen LogP contribution in [-0.4, -0.2) is 24.6 Å². The number of aromatic hydroxyl groups is 1. The molecule has 1 fully saturated rings. The molecule has 5 heteroatoms. The summed E-state index contributed by atoms with van der Waals surface area (Å²) in [5, 5.41) is 9.58. The van der Waals surface area contributed by atoms with Crippen LogP contribution in [-0.2, 0) is 6.54 Å². The first-order valence-corrected chi connectivity index (χ1v) is 5.21. The van der Waals surface area contributed by atoms with Gasteiger partial charge in [0.2, 0.25) is 5.88 Å². The van der Waals surface area contributed by atoms with Crippen LogP contribution < -0.4 is 0 Å². The Balaban J connectivity index is 2.20. The molecule has 0 radical (unpaired) electrons. The van der Waals surface area contributed by atoms with Gasteiger partial charge in [0, 0.05) is 12.5 Å². The molecular formula is C10H12N4O. The zero-order valence-corrected chi connectivity index (χ0v) is 8.51. The van der Waals surface area contributed by atoms with Crippen molar-refractivity contribution in [2.75, 3.05) is 0 Å². The van der Waals surface area contributed by atoms with E-state index in [0.717, 1.165) is 31.0 Å². The second-order valence-electron chi connectivity index (χ2n) is 3.88. The summed E-state index contributed by atoms with van der Waals surface area (Å²) in [6.07, 6.45) is 3.93. The molecule has 0 amide bonds. The molecule has 0 saturated heterocycles. The van der Waals surface area contributed by atoms with Gasteiger partial charge in [-0.1, -0.05) is 0 Å². The molecule has 0 aromatic heterocycles. The third kappa shape index (κ3) is 1.26. The first kappa shape index (κ1) is 8.64. The number of hydrogen-bond acceptors (Lipinski definition) is 4. The van der Waals surface area contributed by atoms with Crippen molar-refractivity contribution in [3.63, 3.8) is 0 Å². The molecule has 0 bridgehead atoms. The van der Waals surface area contributed by atoms with E-state index in [1.54, 1.807) is 6.33 Å². The van der Waals surface area contributed by atoms with E-state index in [1.807, 2.05) is 11.5 Å². The van der Waals surface area contributed by atoms with Crippen LogP contribution in [0, 0.1) is 0 Å². The number of nitrogens with zero attached hydrogens (tertiary/aromatic N) is 4. The van der Waals surface area contributed by atoms with Gasteiger partial charge in [0.25, 0.3) is 0 Å². The fourth-order valence-electron chi connectivity index (χ4n) is 1.70. The van der Waals surface area contributed by atoms with Gasteiger partial charge >= 0.3 is 0 Å². The normalized spacial score (nSPS) is 16.1. The molecule has 1 saturated carbocycles. The molecule has 5 nitrogen and oxygen atoms in total. The number of aromatic nitrogens is 4. The van der Waals surface area contributed by atoms with Crippen LogP contribution in [0.1, 0.15) is 31.5 Å². The van der Waals surface area contributed by atoms with Gasteiger partial charge in [0.15, 0.2) is 11.5 Å². The molecule has 0 aromatic rings. The monoisotopic (exact) mass is 204 g/mol. The molecule has 0 aromatic carbocycles. The zero-order chi connectivity index (χ0) is 10.4. The van der Waals surface area contributed by atoms with Crippen molar-refractivity contribution in [2.24, 2.45) is 0 Å². The van der Waals surface area contributed by atoms with Gasteiger partial charge in [-0.2, -0.15) is 0 Å². The van der Waals surface area contributed by atoms with Crippen molar-refractivity contribution in [2.45, 2.75) is 32.2 Å². The van der Waals surface area contributed by atoms with Gasteiger partial charge in [0.05, 0.1) is 0 Å². The summed E-state index contributed by atoms with van der Waals surface area (Å²) in [5.41, 5.74) is 0.529. The Morgan fingerprint density at radius 3 is 2.93 bits per heavy atom. The van der Waals surface area contributed by atoms with Gasteiger partial charge in [-0.05, 0) is 19.8 Å². The van der Waals surface area contributed by atoms with E-state index in [0.29, 0.717) is 11.6 Å². The highest BCUT2D eigenvalue weighted by Gasteiger charge is 2.30. The van der Waals surface area contributed by atoms with Crippen molar-refractivity contribution in [3.8, 4) is 17.4 Å². The molecule has 78 valence electrons. The Bertz CT molecular complexity index is 475. The Labute approximate surface area is 87.2 Å². The van der Waals surface area contributed by atoms with Crippen LogP contribution in [0.4, 0.5) is 0 Å². The summed E-state index contributed by atoms with van der Waals surface area (Å²) in [6, 6.07) is 0. The van der Waals surface area contributed by atoms with E-state index in [9.17, 15) is 5.11 Å². The molecule has 0 spiro atoms. The lowest BCUT2D eigenvalue weighted by Crippen LogP contribution is -2.02. The predicted molar refractivity (Wildman–Crippen MR) is 53.8 cm³/mol. The molecule has 15 heavy (non-hydrogen) atoms. The second-order valence-corrected chi connectivity index (χ2v) is 3.88. The minimum atomic E-state index is -0.0194. The van der Waals surface area contributed by atoms with Crippen LogP contribution in [0.15, 0.2) is 6.33 Å². The number of rotatable bonds is 2. The number of fused-ring (bicyclic) bond motifs is 1. The van der Waals surface area contributed by atoms with Gasteiger partial charge < -0.3 is 9.67 Å². The van der Waals surface area contributed by atoms with Crippen LogP contribution in [0.25, 0.3) is 11.5 Å². The van der Waals surface area contributed by atoms with E-state index in [1.165, 1.54) is 0 Å². The maximum absolute atomic E-state index is 9.58. The van der Waals surface area contributed by atoms with E-state index in [-0.39, 0.29) is 5.88 Å². The van der Waals surface area contributed by atoms with Crippen molar-refractivity contribution in [3.05, 3.63) is 12.2 Å². The summed E-state index contributed by atoms with van der Waals surface area (Å²) in [7, 11) is 0. The first-order valence-electron chi connectivity index (χ1n) is 5.21. The smallest absolute Gasteiger partial charge is 0.242 e. The van der Waals surface area contributed by atoms with Gasteiger partial charge in [-0.25, -0.2) is 15.0 Å². The quantitative estimate of drug-likeness (QED) is 0.802. The topological polar surface area (TPSA) is 63.8 Å².